The summed E-state index contributed by atoms with van der Waals surface area (Å²) in [6.07, 6.45) is 6.38. The Morgan fingerprint density at radius 1 is 1.13 bits per heavy atom. The molecule has 0 saturated carbocycles. The molecule has 2 saturated heterocycles. The number of hydrogen-bond donors (Lipinski definition) is 1. The van der Waals surface area contributed by atoms with Gasteiger partial charge in [0, 0.05) is 69.2 Å². The Morgan fingerprint density at radius 2 is 1.90 bits per heavy atom. The van der Waals surface area contributed by atoms with E-state index in [2.05, 4.69) is 19.8 Å². The van der Waals surface area contributed by atoms with Gasteiger partial charge in [-0.3, -0.25) is 4.79 Å². The maximum atomic E-state index is 12.0. The quantitative estimate of drug-likeness (QED) is 0.761. The Balaban J connectivity index is 1.54. The van der Waals surface area contributed by atoms with Gasteiger partial charge in [0.2, 0.25) is 17.8 Å². The summed E-state index contributed by atoms with van der Waals surface area (Å²) in [5, 5.41) is 0. The molecule has 10 heteroatoms. The Kier molecular flexibility index (Phi) is 5.31. The number of nitrogens with two attached hydrogens (primary N) is 1. The summed E-state index contributed by atoms with van der Waals surface area (Å²) in [6, 6.07) is 0.266. The lowest BCUT2D eigenvalue weighted by Crippen LogP contribution is -2.49. The van der Waals surface area contributed by atoms with E-state index in [0.717, 1.165) is 74.6 Å². The summed E-state index contributed by atoms with van der Waals surface area (Å²) in [6.45, 7) is 6.96. The molecule has 3 aliphatic rings. The monoisotopic (exact) mass is 424 g/mol. The van der Waals surface area contributed by atoms with Gasteiger partial charge in [0.25, 0.3) is 0 Å². The van der Waals surface area contributed by atoms with E-state index in [0.29, 0.717) is 19.2 Å². The van der Waals surface area contributed by atoms with Gasteiger partial charge in [-0.05, 0) is 19.3 Å². The van der Waals surface area contributed by atoms with E-state index in [1.165, 1.54) is 0 Å². The molecule has 1 atom stereocenters. The molecule has 2 N–H and O–H groups in total. The average molecular weight is 425 g/mol. The number of ether oxygens (including phenoxy) is 1. The van der Waals surface area contributed by atoms with Crippen LogP contribution in [0.5, 0.6) is 0 Å². The summed E-state index contributed by atoms with van der Waals surface area (Å²) in [4.78, 5) is 36.8. The minimum absolute atomic E-state index is 0.139. The molecule has 164 valence electrons. The van der Waals surface area contributed by atoms with Crippen LogP contribution in [-0.4, -0.2) is 82.7 Å². The number of amides is 1. The maximum Gasteiger partial charge on any atom is 0.228 e. The second-order valence-electron chi connectivity index (χ2n) is 8.31. The Labute approximate surface area is 181 Å². The standard InChI is InChI=1S/C21H28N8O2/c1-14(30)28-5-2-3-16(13-28)29-6-4-17-18(15-11-23-20(22)24-12-15)25-21(26-19(17)29)27-7-9-31-10-8-27/h11-12,16H,2-10,13H2,1H3,(H2,22,23,24)/t16-/m1/s1. The number of likely N-dealkylation sites (tertiary alicyclic amines) is 1. The number of carbonyl (C=O) groups is 1. The van der Waals surface area contributed by atoms with E-state index in [-0.39, 0.29) is 17.9 Å². The zero-order chi connectivity index (χ0) is 21.4. The van der Waals surface area contributed by atoms with E-state index in [1.807, 2.05) is 4.90 Å². The third-order valence-electron chi connectivity index (χ3n) is 6.37. The van der Waals surface area contributed by atoms with Crippen molar-refractivity contribution in [1.82, 2.24) is 24.8 Å². The van der Waals surface area contributed by atoms with Crippen molar-refractivity contribution in [3.05, 3.63) is 18.0 Å². The average Bonchev–Trinajstić information content (AvgIpc) is 3.24. The molecule has 2 aromatic rings. The second kappa shape index (κ2) is 8.26. The number of morpholine rings is 1. The van der Waals surface area contributed by atoms with Gasteiger partial charge in [-0.15, -0.1) is 0 Å². The fourth-order valence-electron chi connectivity index (χ4n) is 4.72. The number of fused-ring (bicyclic) bond motifs is 1. The van der Waals surface area contributed by atoms with Crippen LogP contribution in [0.25, 0.3) is 11.3 Å². The first-order chi connectivity index (χ1) is 15.1. The molecule has 0 radical (unpaired) electrons. The maximum absolute atomic E-state index is 12.0. The number of nitrogen functional groups attached to an aromatic ring is 1. The summed E-state index contributed by atoms with van der Waals surface area (Å²) >= 11 is 0. The molecule has 0 bridgehead atoms. The zero-order valence-electron chi connectivity index (χ0n) is 17.8. The van der Waals surface area contributed by atoms with Gasteiger partial charge in [0.1, 0.15) is 5.82 Å². The SMILES string of the molecule is CC(=O)N1CCC[C@@H](N2CCc3c(-c4cnc(N)nc4)nc(N4CCOCC4)nc32)C1. The Hall–Kier alpha value is -3.01. The van der Waals surface area contributed by atoms with Crippen LogP contribution < -0.4 is 15.5 Å². The van der Waals surface area contributed by atoms with Crippen LogP contribution >= 0.6 is 0 Å². The number of aromatic nitrogens is 4. The molecular formula is C21H28N8O2. The normalized spacial score (nSPS) is 21.3. The number of carbonyl (C=O) groups excluding carboxylic acids is 1. The molecule has 10 nitrogen and oxygen atoms in total. The van der Waals surface area contributed by atoms with Crippen molar-refractivity contribution >= 4 is 23.6 Å². The molecule has 5 heterocycles. The smallest absolute Gasteiger partial charge is 0.228 e. The van der Waals surface area contributed by atoms with Crippen LogP contribution in [0.1, 0.15) is 25.3 Å². The molecule has 5 rings (SSSR count). The minimum Gasteiger partial charge on any atom is -0.378 e. The van der Waals surface area contributed by atoms with Crippen molar-refractivity contribution in [3.8, 4) is 11.3 Å². The fourth-order valence-corrected chi connectivity index (χ4v) is 4.72. The lowest BCUT2D eigenvalue weighted by molar-refractivity contribution is -0.129. The van der Waals surface area contributed by atoms with Gasteiger partial charge in [0.15, 0.2) is 0 Å². The predicted octanol–water partition coefficient (Wildman–Crippen LogP) is 0.726. The van der Waals surface area contributed by atoms with E-state index in [1.54, 1.807) is 19.3 Å². The van der Waals surface area contributed by atoms with Crippen molar-refractivity contribution in [3.63, 3.8) is 0 Å². The first-order valence-corrected chi connectivity index (χ1v) is 10.9. The summed E-state index contributed by atoms with van der Waals surface area (Å²) < 4.78 is 5.51. The number of nitrogens with zero attached hydrogens (tertiary/aromatic N) is 7. The van der Waals surface area contributed by atoms with Gasteiger partial charge in [0.05, 0.1) is 18.9 Å². The molecule has 2 aromatic heterocycles. The number of hydrogen-bond acceptors (Lipinski definition) is 9. The first-order valence-electron chi connectivity index (χ1n) is 10.9. The van der Waals surface area contributed by atoms with Crippen molar-refractivity contribution in [2.45, 2.75) is 32.2 Å². The second-order valence-corrected chi connectivity index (χ2v) is 8.31. The molecule has 0 unspecified atom stereocenters. The van der Waals surface area contributed by atoms with Crippen molar-refractivity contribution in [1.29, 1.82) is 0 Å². The molecule has 0 spiro atoms. The van der Waals surface area contributed by atoms with Crippen LogP contribution in [0.3, 0.4) is 0 Å². The largest absolute Gasteiger partial charge is 0.378 e. The Bertz CT molecular complexity index is 961. The molecule has 2 fully saturated rings. The highest BCUT2D eigenvalue weighted by Crippen LogP contribution is 2.37. The van der Waals surface area contributed by atoms with Gasteiger partial charge in [-0.25, -0.2) is 15.0 Å². The highest BCUT2D eigenvalue weighted by molar-refractivity contribution is 5.74. The third-order valence-corrected chi connectivity index (χ3v) is 6.37. The van der Waals surface area contributed by atoms with Crippen LogP contribution in [-0.2, 0) is 16.0 Å². The topological polar surface area (TPSA) is 114 Å². The summed E-state index contributed by atoms with van der Waals surface area (Å²) in [7, 11) is 0. The van der Waals surface area contributed by atoms with E-state index in [4.69, 9.17) is 20.4 Å². The zero-order valence-corrected chi connectivity index (χ0v) is 17.8. The fraction of sp³-hybridized carbons (Fsp3) is 0.571. The van der Waals surface area contributed by atoms with Crippen LogP contribution in [0.4, 0.5) is 17.7 Å². The van der Waals surface area contributed by atoms with Crippen molar-refractivity contribution in [2.75, 3.05) is 61.5 Å². The number of piperidine rings is 1. The first kappa shape index (κ1) is 19.9. The van der Waals surface area contributed by atoms with E-state index in [9.17, 15) is 4.79 Å². The van der Waals surface area contributed by atoms with Crippen molar-refractivity contribution in [2.24, 2.45) is 0 Å². The summed E-state index contributed by atoms with van der Waals surface area (Å²) in [5.41, 5.74) is 8.53. The van der Waals surface area contributed by atoms with Gasteiger partial charge in [-0.1, -0.05) is 0 Å². The van der Waals surface area contributed by atoms with E-state index >= 15 is 0 Å². The van der Waals surface area contributed by atoms with Crippen molar-refractivity contribution < 1.29 is 9.53 Å². The molecule has 3 aliphatic heterocycles. The molecule has 0 aliphatic carbocycles. The molecular weight excluding hydrogens is 396 g/mol. The highest BCUT2D eigenvalue weighted by atomic mass is 16.5. The van der Waals surface area contributed by atoms with Gasteiger partial charge < -0.3 is 25.2 Å². The molecule has 1 amide bonds. The van der Waals surface area contributed by atoms with Gasteiger partial charge in [-0.2, -0.15) is 4.98 Å². The Morgan fingerprint density at radius 3 is 2.65 bits per heavy atom. The number of rotatable bonds is 3. The van der Waals surface area contributed by atoms with Crippen LogP contribution in [0.15, 0.2) is 12.4 Å². The number of anilines is 3. The summed E-state index contributed by atoms with van der Waals surface area (Å²) in [5.74, 6) is 2.07. The van der Waals surface area contributed by atoms with Crippen LogP contribution in [0.2, 0.25) is 0 Å². The predicted molar refractivity (Wildman–Crippen MR) is 117 cm³/mol. The van der Waals surface area contributed by atoms with Gasteiger partial charge >= 0.3 is 0 Å². The molecule has 0 aromatic carbocycles. The minimum atomic E-state index is 0.139. The lowest BCUT2D eigenvalue weighted by atomic mass is 10.0. The lowest BCUT2D eigenvalue weighted by Gasteiger charge is -2.38. The van der Waals surface area contributed by atoms with E-state index < -0.39 is 0 Å². The third kappa shape index (κ3) is 3.87. The van der Waals surface area contributed by atoms with Crippen LogP contribution in [0, 0.1) is 0 Å². The highest BCUT2D eigenvalue weighted by Gasteiger charge is 2.34. The molecule has 31 heavy (non-hydrogen) atoms.